The minimum Gasteiger partial charge on any atom is -0.454 e. The van der Waals surface area contributed by atoms with Gasteiger partial charge in [0.25, 0.3) is 0 Å². The first-order valence-corrected chi connectivity index (χ1v) is 7.23. The average molecular weight is 260 g/mol. The molecule has 1 aromatic carbocycles. The lowest BCUT2D eigenvalue weighted by atomic mass is 9.90. The quantitative estimate of drug-likeness (QED) is 0.885. The molecule has 2 unspecified atom stereocenters. The van der Waals surface area contributed by atoms with Crippen molar-refractivity contribution in [2.24, 2.45) is 11.7 Å². The molecule has 3 heterocycles. The maximum Gasteiger partial charge on any atom is 0.231 e. The lowest BCUT2D eigenvalue weighted by Crippen LogP contribution is -2.44. The van der Waals surface area contributed by atoms with Gasteiger partial charge >= 0.3 is 0 Å². The van der Waals surface area contributed by atoms with Gasteiger partial charge in [-0.3, -0.25) is 0 Å². The number of fused-ring (bicyclic) bond motifs is 3. The molecule has 2 fully saturated rings. The molecule has 3 aliphatic heterocycles. The third-order valence-corrected chi connectivity index (χ3v) is 4.82. The first-order chi connectivity index (χ1) is 9.35. The summed E-state index contributed by atoms with van der Waals surface area (Å²) in [5, 5.41) is 0. The van der Waals surface area contributed by atoms with Crippen LogP contribution in [0.1, 0.15) is 25.7 Å². The van der Waals surface area contributed by atoms with E-state index in [0.717, 1.165) is 18.0 Å². The van der Waals surface area contributed by atoms with Crippen molar-refractivity contribution in [3.8, 4) is 11.5 Å². The first-order valence-electron chi connectivity index (χ1n) is 7.23. The Kier molecular flexibility index (Phi) is 2.58. The lowest BCUT2D eigenvalue weighted by molar-refractivity contribution is 0.174. The third kappa shape index (κ3) is 1.77. The van der Waals surface area contributed by atoms with Gasteiger partial charge in [-0.15, -0.1) is 0 Å². The van der Waals surface area contributed by atoms with E-state index in [1.54, 1.807) is 0 Å². The monoisotopic (exact) mass is 260 g/mol. The molecule has 2 atom stereocenters. The molecule has 3 aliphatic rings. The summed E-state index contributed by atoms with van der Waals surface area (Å²) in [7, 11) is 0. The van der Waals surface area contributed by atoms with E-state index in [-0.39, 0.29) is 0 Å². The number of hydrogen-bond acceptors (Lipinski definition) is 4. The van der Waals surface area contributed by atoms with E-state index in [0.29, 0.717) is 24.8 Å². The number of nitrogens with two attached hydrogens (primary N) is 1. The van der Waals surface area contributed by atoms with Crippen LogP contribution in [0.2, 0.25) is 0 Å². The van der Waals surface area contributed by atoms with Crippen molar-refractivity contribution in [3.05, 3.63) is 18.2 Å². The first kappa shape index (κ1) is 11.4. The van der Waals surface area contributed by atoms with Crippen LogP contribution < -0.4 is 20.1 Å². The van der Waals surface area contributed by atoms with E-state index in [9.17, 15) is 0 Å². The number of benzene rings is 1. The highest BCUT2D eigenvalue weighted by molar-refractivity contribution is 5.59. The van der Waals surface area contributed by atoms with Crippen LogP contribution in [0.4, 0.5) is 5.69 Å². The Balaban J connectivity index is 1.63. The second-order valence-electron chi connectivity index (χ2n) is 5.90. The zero-order valence-corrected chi connectivity index (χ0v) is 11.0. The predicted octanol–water partition coefficient (Wildman–Crippen LogP) is 2.12. The van der Waals surface area contributed by atoms with Crippen LogP contribution in [0.25, 0.3) is 0 Å². The molecule has 0 saturated carbocycles. The summed E-state index contributed by atoms with van der Waals surface area (Å²) in [6.07, 6.45) is 5.08. The number of nitrogens with zero attached hydrogens (tertiary/aromatic N) is 1. The van der Waals surface area contributed by atoms with Gasteiger partial charge in [0.15, 0.2) is 11.5 Å². The SMILES string of the molecule is NCC1CC2CCC(C1)N2c1ccc2c(c1)OCO2. The molecule has 19 heavy (non-hydrogen) atoms. The molecular formula is C15H20N2O2. The van der Waals surface area contributed by atoms with Gasteiger partial charge in [-0.1, -0.05) is 0 Å². The van der Waals surface area contributed by atoms with Crippen molar-refractivity contribution in [2.75, 3.05) is 18.2 Å². The van der Waals surface area contributed by atoms with Gasteiger partial charge in [0.05, 0.1) is 0 Å². The third-order valence-electron chi connectivity index (χ3n) is 4.82. The Morgan fingerprint density at radius 3 is 2.58 bits per heavy atom. The fourth-order valence-electron chi connectivity index (χ4n) is 3.95. The van der Waals surface area contributed by atoms with Crippen molar-refractivity contribution in [2.45, 2.75) is 37.8 Å². The predicted molar refractivity (Wildman–Crippen MR) is 73.6 cm³/mol. The fraction of sp³-hybridized carbons (Fsp3) is 0.600. The van der Waals surface area contributed by atoms with Gasteiger partial charge in [0, 0.05) is 23.8 Å². The number of piperidine rings is 1. The second-order valence-corrected chi connectivity index (χ2v) is 5.90. The maximum atomic E-state index is 5.86. The molecule has 0 aromatic heterocycles. The molecule has 0 aliphatic carbocycles. The van der Waals surface area contributed by atoms with E-state index in [1.165, 1.54) is 31.4 Å². The summed E-state index contributed by atoms with van der Waals surface area (Å²) in [5.41, 5.74) is 7.14. The van der Waals surface area contributed by atoms with Gasteiger partial charge in [0.1, 0.15) is 0 Å². The highest BCUT2D eigenvalue weighted by Gasteiger charge is 2.40. The van der Waals surface area contributed by atoms with Crippen LogP contribution in [-0.4, -0.2) is 25.4 Å². The van der Waals surface area contributed by atoms with E-state index in [4.69, 9.17) is 15.2 Å². The zero-order valence-electron chi connectivity index (χ0n) is 11.0. The van der Waals surface area contributed by atoms with Gasteiger partial charge in [-0.2, -0.15) is 0 Å². The number of hydrogen-bond donors (Lipinski definition) is 1. The van der Waals surface area contributed by atoms with Crippen molar-refractivity contribution in [1.82, 2.24) is 0 Å². The molecule has 2 N–H and O–H groups in total. The number of ether oxygens (including phenoxy) is 2. The van der Waals surface area contributed by atoms with Crippen LogP contribution in [-0.2, 0) is 0 Å². The zero-order chi connectivity index (χ0) is 12.8. The van der Waals surface area contributed by atoms with Crippen molar-refractivity contribution in [1.29, 1.82) is 0 Å². The van der Waals surface area contributed by atoms with Crippen LogP contribution in [0.15, 0.2) is 18.2 Å². The highest BCUT2D eigenvalue weighted by Crippen LogP contribution is 2.44. The summed E-state index contributed by atoms with van der Waals surface area (Å²) in [4.78, 5) is 2.59. The molecule has 102 valence electrons. The Labute approximate surface area is 113 Å². The summed E-state index contributed by atoms with van der Waals surface area (Å²) < 4.78 is 10.9. The molecule has 4 rings (SSSR count). The molecule has 2 saturated heterocycles. The standard InChI is InChI=1S/C15H20N2O2/c16-8-10-5-11-1-2-12(6-10)17(11)13-3-4-14-15(7-13)19-9-18-14/h3-4,7,10-12H,1-2,5-6,8-9,16H2. The number of anilines is 1. The van der Waals surface area contributed by atoms with Gasteiger partial charge < -0.3 is 20.1 Å². The molecular weight excluding hydrogens is 240 g/mol. The maximum absolute atomic E-state index is 5.86. The minimum absolute atomic E-state index is 0.348. The summed E-state index contributed by atoms with van der Waals surface area (Å²) >= 11 is 0. The smallest absolute Gasteiger partial charge is 0.231 e. The second kappa shape index (κ2) is 4.30. The molecule has 0 amide bonds. The Hall–Kier alpha value is -1.42. The lowest BCUT2D eigenvalue weighted by Gasteiger charge is -2.40. The molecule has 2 bridgehead atoms. The molecule has 4 heteroatoms. The Morgan fingerprint density at radius 2 is 1.84 bits per heavy atom. The van der Waals surface area contributed by atoms with E-state index in [2.05, 4.69) is 17.0 Å². The van der Waals surface area contributed by atoms with Crippen molar-refractivity contribution < 1.29 is 9.47 Å². The van der Waals surface area contributed by atoms with Gasteiger partial charge in [-0.05, 0) is 50.3 Å². The molecule has 1 aromatic rings. The van der Waals surface area contributed by atoms with Crippen LogP contribution in [0.5, 0.6) is 11.5 Å². The minimum atomic E-state index is 0.348. The Bertz CT molecular complexity index is 477. The van der Waals surface area contributed by atoms with E-state index >= 15 is 0 Å². The van der Waals surface area contributed by atoms with Crippen molar-refractivity contribution >= 4 is 5.69 Å². The number of rotatable bonds is 2. The summed E-state index contributed by atoms with van der Waals surface area (Å²) in [6, 6.07) is 7.66. The largest absolute Gasteiger partial charge is 0.454 e. The molecule has 4 nitrogen and oxygen atoms in total. The summed E-state index contributed by atoms with van der Waals surface area (Å²) in [6.45, 7) is 1.18. The fourth-order valence-corrected chi connectivity index (χ4v) is 3.95. The van der Waals surface area contributed by atoms with E-state index in [1.807, 2.05) is 6.07 Å². The highest BCUT2D eigenvalue weighted by atomic mass is 16.7. The van der Waals surface area contributed by atoms with Crippen LogP contribution in [0.3, 0.4) is 0 Å². The average Bonchev–Trinajstić information content (AvgIpc) is 3.00. The van der Waals surface area contributed by atoms with Crippen LogP contribution >= 0.6 is 0 Å². The summed E-state index contributed by atoms with van der Waals surface area (Å²) in [5.74, 6) is 2.47. The molecule has 0 spiro atoms. The normalized spacial score (nSPS) is 31.8. The topological polar surface area (TPSA) is 47.7 Å². The van der Waals surface area contributed by atoms with Crippen molar-refractivity contribution in [3.63, 3.8) is 0 Å². The molecule has 0 radical (unpaired) electrons. The van der Waals surface area contributed by atoms with E-state index < -0.39 is 0 Å². The Morgan fingerprint density at radius 1 is 1.11 bits per heavy atom. The van der Waals surface area contributed by atoms with Crippen LogP contribution in [0, 0.1) is 5.92 Å². The van der Waals surface area contributed by atoms with Gasteiger partial charge in [0.2, 0.25) is 6.79 Å². The van der Waals surface area contributed by atoms with Gasteiger partial charge in [-0.25, -0.2) is 0 Å².